The molecule has 1 aliphatic heterocycles. The van der Waals surface area contributed by atoms with E-state index in [2.05, 4.69) is 6.92 Å². The van der Waals surface area contributed by atoms with Crippen LogP contribution in [-0.2, 0) is 19.1 Å². The third-order valence-corrected chi connectivity index (χ3v) is 4.62. The van der Waals surface area contributed by atoms with Crippen LogP contribution in [0.25, 0.3) is 0 Å². The van der Waals surface area contributed by atoms with E-state index in [1.165, 1.54) is 0 Å². The molecule has 0 spiro atoms. The lowest BCUT2D eigenvalue weighted by atomic mass is 9.83. The highest BCUT2D eigenvalue weighted by Gasteiger charge is 2.41. The summed E-state index contributed by atoms with van der Waals surface area (Å²) in [6.07, 6.45) is 1.44. The van der Waals surface area contributed by atoms with Gasteiger partial charge >= 0.3 is 11.9 Å². The van der Waals surface area contributed by atoms with Gasteiger partial charge < -0.3 is 9.47 Å². The van der Waals surface area contributed by atoms with Gasteiger partial charge in [-0.15, -0.1) is 0 Å². The summed E-state index contributed by atoms with van der Waals surface area (Å²) in [6, 6.07) is 7.69. The van der Waals surface area contributed by atoms with Gasteiger partial charge in [0.1, 0.15) is 5.57 Å². The molecule has 0 aliphatic carbocycles. The Morgan fingerprint density at radius 1 is 1.16 bits per heavy atom. The fraction of sp³-hybridized carbons (Fsp3) is 0.500. The summed E-state index contributed by atoms with van der Waals surface area (Å²) in [5.41, 5.74) is 1.89. The minimum Gasteiger partial charge on any atom is -0.419 e. The molecule has 0 aromatic heterocycles. The third kappa shape index (κ3) is 4.63. The van der Waals surface area contributed by atoms with Gasteiger partial charge in [0.2, 0.25) is 0 Å². The van der Waals surface area contributed by atoms with E-state index in [9.17, 15) is 9.59 Å². The molecule has 0 unspecified atom stereocenters. The molecule has 1 heterocycles. The highest BCUT2D eigenvalue weighted by Crippen LogP contribution is 2.35. The van der Waals surface area contributed by atoms with E-state index >= 15 is 0 Å². The number of allylic oxidation sites excluding steroid dienone is 1. The minimum atomic E-state index is -1.23. The topological polar surface area (TPSA) is 52.6 Å². The molecule has 1 aromatic rings. The third-order valence-electron chi connectivity index (χ3n) is 4.38. The van der Waals surface area contributed by atoms with E-state index in [1.807, 2.05) is 38.1 Å². The zero-order valence-electron chi connectivity index (χ0n) is 15.4. The molecule has 0 amide bonds. The van der Waals surface area contributed by atoms with Crippen LogP contribution in [0.2, 0.25) is 5.02 Å². The van der Waals surface area contributed by atoms with Gasteiger partial charge in [-0.25, -0.2) is 9.59 Å². The summed E-state index contributed by atoms with van der Waals surface area (Å²) in [7, 11) is 0. The highest BCUT2D eigenvalue weighted by molar-refractivity contribution is 6.30. The monoisotopic (exact) mass is 364 g/mol. The maximum atomic E-state index is 12.4. The van der Waals surface area contributed by atoms with Gasteiger partial charge in [-0.2, -0.15) is 0 Å². The van der Waals surface area contributed by atoms with Crippen LogP contribution in [0, 0.1) is 5.92 Å². The second-order valence-electron chi connectivity index (χ2n) is 7.10. The number of carbonyl (C=O) groups excluding carboxylic acids is 2. The average Bonchev–Trinajstić information content (AvgIpc) is 2.48. The lowest BCUT2D eigenvalue weighted by molar-refractivity contribution is -0.222. The summed E-state index contributed by atoms with van der Waals surface area (Å²) < 4.78 is 10.5. The lowest BCUT2D eigenvalue weighted by Crippen LogP contribution is -2.42. The molecule has 1 aromatic carbocycles. The highest BCUT2D eigenvalue weighted by atomic mass is 35.5. The molecule has 1 atom stereocenters. The van der Waals surface area contributed by atoms with Crippen molar-refractivity contribution in [1.29, 1.82) is 0 Å². The Hall–Kier alpha value is -1.81. The van der Waals surface area contributed by atoms with Gasteiger partial charge in [0, 0.05) is 18.9 Å². The number of benzene rings is 1. The zero-order valence-corrected chi connectivity index (χ0v) is 16.1. The average molecular weight is 365 g/mol. The summed E-state index contributed by atoms with van der Waals surface area (Å²) in [5, 5.41) is 0.674. The number of carbonyl (C=O) groups is 2. The van der Waals surface area contributed by atoms with E-state index in [-0.39, 0.29) is 17.4 Å². The van der Waals surface area contributed by atoms with Crippen LogP contribution in [0.4, 0.5) is 0 Å². The number of ether oxygens (including phenoxy) is 2. The van der Waals surface area contributed by atoms with Crippen LogP contribution < -0.4 is 0 Å². The van der Waals surface area contributed by atoms with Crippen LogP contribution in [0.1, 0.15) is 58.9 Å². The quantitative estimate of drug-likeness (QED) is 0.418. The van der Waals surface area contributed by atoms with E-state index < -0.39 is 17.7 Å². The molecule has 0 saturated carbocycles. The molecule has 1 aliphatic rings. The Bertz CT molecular complexity index is 681. The summed E-state index contributed by atoms with van der Waals surface area (Å²) in [4.78, 5) is 24.8. The molecule has 1 fully saturated rings. The maximum Gasteiger partial charge on any atom is 0.348 e. The van der Waals surface area contributed by atoms with Crippen molar-refractivity contribution in [2.24, 2.45) is 5.92 Å². The van der Waals surface area contributed by atoms with Gasteiger partial charge in [0.05, 0.1) is 0 Å². The predicted molar refractivity (Wildman–Crippen MR) is 97.2 cm³/mol. The molecule has 4 nitrogen and oxygen atoms in total. The first-order chi connectivity index (χ1) is 11.6. The molecule has 0 bridgehead atoms. The van der Waals surface area contributed by atoms with Crippen LogP contribution in [0.3, 0.4) is 0 Å². The standard InChI is InChI=1S/C20H25ClO4/c1-6-13(14-8-7-9-15(21)10-14)11-16(12(2)3)17-18(22)24-20(4,5)25-19(17)23/h7-10,12-13H,6,11H2,1-5H3/t13-/m1/s1. The van der Waals surface area contributed by atoms with Crippen LogP contribution in [0.5, 0.6) is 0 Å². The van der Waals surface area contributed by atoms with Gasteiger partial charge in [0.15, 0.2) is 0 Å². The molecule has 25 heavy (non-hydrogen) atoms. The largest absolute Gasteiger partial charge is 0.419 e. The van der Waals surface area contributed by atoms with Crippen LogP contribution >= 0.6 is 11.6 Å². The normalized spacial score (nSPS) is 18.0. The molecule has 5 heteroatoms. The number of hydrogen-bond acceptors (Lipinski definition) is 4. The number of hydrogen-bond donors (Lipinski definition) is 0. The van der Waals surface area contributed by atoms with Crippen molar-refractivity contribution in [1.82, 2.24) is 0 Å². The van der Waals surface area contributed by atoms with E-state index in [1.54, 1.807) is 13.8 Å². The number of rotatable bonds is 5. The molecule has 136 valence electrons. The molecule has 0 N–H and O–H groups in total. The van der Waals surface area contributed by atoms with Crippen molar-refractivity contribution >= 4 is 23.5 Å². The minimum absolute atomic E-state index is 0.0181. The van der Waals surface area contributed by atoms with Crippen molar-refractivity contribution in [3.63, 3.8) is 0 Å². The maximum absolute atomic E-state index is 12.4. The van der Waals surface area contributed by atoms with E-state index in [0.29, 0.717) is 11.4 Å². The van der Waals surface area contributed by atoms with Crippen molar-refractivity contribution in [3.8, 4) is 0 Å². The fourth-order valence-corrected chi connectivity index (χ4v) is 3.26. The first-order valence-corrected chi connectivity index (χ1v) is 8.97. The van der Waals surface area contributed by atoms with Crippen molar-refractivity contribution in [3.05, 3.63) is 46.0 Å². The summed E-state index contributed by atoms with van der Waals surface area (Å²) >= 11 is 6.11. The van der Waals surface area contributed by atoms with Crippen LogP contribution in [0.15, 0.2) is 35.4 Å². The Morgan fingerprint density at radius 3 is 2.24 bits per heavy atom. The SMILES string of the molecule is CC[C@H](CC(=C1C(=O)OC(C)(C)OC1=O)C(C)C)c1cccc(Cl)c1. The van der Waals surface area contributed by atoms with Crippen molar-refractivity contribution in [2.75, 3.05) is 0 Å². The Morgan fingerprint density at radius 2 is 1.76 bits per heavy atom. The van der Waals surface area contributed by atoms with Gasteiger partial charge in [-0.3, -0.25) is 0 Å². The van der Waals surface area contributed by atoms with E-state index in [4.69, 9.17) is 21.1 Å². The number of halogens is 1. The Kier molecular flexibility index (Phi) is 5.94. The number of cyclic esters (lactones) is 2. The molecule has 1 saturated heterocycles. The Labute approximate surface area is 154 Å². The summed E-state index contributed by atoms with van der Waals surface area (Å²) in [6.45, 7) is 9.11. The van der Waals surface area contributed by atoms with E-state index in [0.717, 1.165) is 17.6 Å². The molecule has 0 radical (unpaired) electrons. The van der Waals surface area contributed by atoms with Gasteiger partial charge in [0.25, 0.3) is 5.79 Å². The molecular weight excluding hydrogens is 340 g/mol. The fourth-order valence-electron chi connectivity index (χ4n) is 3.07. The van der Waals surface area contributed by atoms with Crippen molar-refractivity contribution < 1.29 is 19.1 Å². The van der Waals surface area contributed by atoms with Gasteiger partial charge in [-0.1, -0.05) is 44.5 Å². The van der Waals surface area contributed by atoms with Crippen LogP contribution in [-0.4, -0.2) is 17.7 Å². The smallest absolute Gasteiger partial charge is 0.348 e. The first kappa shape index (κ1) is 19.5. The molecule has 2 rings (SSSR count). The second kappa shape index (κ2) is 7.61. The first-order valence-electron chi connectivity index (χ1n) is 8.59. The summed E-state index contributed by atoms with van der Waals surface area (Å²) in [5.74, 6) is -2.27. The number of esters is 2. The van der Waals surface area contributed by atoms with Crippen molar-refractivity contribution in [2.45, 2.75) is 59.2 Å². The predicted octanol–water partition coefficient (Wildman–Crippen LogP) is 5.01. The lowest BCUT2D eigenvalue weighted by Gasteiger charge is -2.32. The van der Waals surface area contributed by atoms with Gasteiger partial charge in [-0.05, 0) is 47.9 Å². The Balaban J connectivity index is 2.40. The second-order valence-corrected chi connectivity index (χ2v) is 7.53. The zero-order chi connectivity index (χ0) is 18.8. The molecular formula is C20H25ClO4.